The van der Waals surface area contributed by atoms with Crippen molar-refractivity contribution in [3.8, 4) is 0 Å². The summed E-state index contributed by atoms with van der Waals surface area (Å²) in [5.41, 5.74) is 2.55. The molecule has 4 rings (SSSR count). The minimum absolute atomic E-state index is 0.716. The Morgan fingerprint density at radius 2 is 2.05 bits per heavy atom. The second-order valence-electron chi connectivity index (χ2n) is 6.73. The Morgan fingerprint density at radius 1 is 1.14 bits per heavy atom. The summed E-state index contributed by atoms with van der Waals surface area (Å²) in [7, 11) is 0. The van der Waals surface area contributed by atoms with E-state index in [9.17, 15) is 0 Å². The van der Waals surface area contributed by atoms with Crippen molar-refractivity contribution in [2.75, 3.05) is 39.4 Å². The lowest BCUT2D eigenvalue weighted by Crippen LogP contribution is -2.35. The van der Waals surface area contributed by atoms with Crippen molar-refractivity contribution in [3.63, 3.8) is 0 Å². The van der Waals surface area contributed by atoms with Gasteiger partial charge in [0.2, 0.25) is 0 Å². The fourth-order valence-corrected chi connectivity index (χ4v) is 3.84. The van der Waals surface area contributed by atoms with Gasteiger partial charge in [-0.3, -0.25) is 9.80 Å². The maximum Gasteiger partial charge on any atom is 0.142 e. The number of ether oxygens (including phenoxy) is 1. The molecule has 1 aromatic heterocycles. The molecule has 0 aliphatic carbocycles. The lowest BCUT2D eigenvalue weighted by molar-refractivity contribution is 0.159. The van der Waals surface area contributed by atoms with E-state index in [2.05, 4.69) is 15.0 Å². The molecule has 5 heteroatoms. The second-order valence-corrected chi connectivity index (χ2v) is 6.73. The monoisotopic (exact) mass is 291 g/mol. The Kier molecular flexibility index (Phi) is 3.97. The summed E-state index contributed by atoms with van der Waals surface area (Å²) >= 11 is 0. The first-order chi connectivity index (χ1) is 10.4. The van der Waals surface area contributed by atoms with E-state index in [4.69, 9.17) is 9.26 Å². The summed E-state index contributed by atoms with van der Waals surface area (Å²) in [6.07, 6.45) is 4.88. The summed E-state index contributed by atoms with van der Waals surface area (Å²) in [4.78, 5) is 5.06. The third-order valence-corrected chi connectivity index (χ3v) is 5.10. The van der Waals surface area contributed by atoms with Crippen LogP contribution < -0.4 is 0 Å². The van der Waals surface area contributed by atoms with Gasteiger partial charge in [0.15, 0.2) is 0 Å². The van der Waals surface area contributed by atoms with Crippen molar-refractivity contribution in [3.05, 3.63) is 17.0 Å². The van der Waals surface area contributed by atoms with Crippen LogP contribution >= 0.6 is 0 Å². The van der Waals surface area contributed by atoms with Gasteiger partial charge in [0.25, 0.3) is 0 Å². The third-order valence-electron chi connectivity index (χ3n) is 5.10. The van der Waals surface area contributed by atoms with Gasteiger partial charge in [-0.15, -0.1) is 0 Å². The lowest BCUT2D eigenvalue weighted by atomic mass is 10.0. The van der Waals surface area contributed by atoms with Crippen LogP contribution in [0.3, 0.4) is 0 Å². The van der Waals surface area contributed by atoms with Crippen LogP contribution in [0.1, 0.15) is 36.3 Å². The predicted octanol–water partition coefficient (Wildman–Crippen LogP) is 1.66. The molecule has 0 unspecified atom stereocenters. The average molecular weight is 291 g/mol. The number of likely N-dealkylation sites (tertiary alicyclic amines) is 1. The van der Waals surface area contributed by atoms with Crippen LogP contribution in [0.5, 0.6) is 0 Å². The zero-order valence-electron chi connectivity index (χ0n) is 12.7. The normalized spacial score (nSPS) is 27.3. The molecular formula is C16H25N3O2. The highest BCUT2D eigenvalue weighted by molar-refractivity contribution is 5.25. The fraction of sp³-hybridized carbons (Fsp3) is 0.812. The number of fused-ring (bicyclic) bond motifs is 1. The number of nitrogens with zero attached hydrogens (tertiary/aromatic N) is 3. The maximum atomic E-state index is 5.59. The van der Waals surface area contributed by atoms with Gasteiger partial charge in [-0.2, -0.15) is 0 Å². The standard InChI is InChI=1S/C16H25N3O2/c1-2-6-18(5-1)11-15-14-10-19(7-3-16(14)21-17-15)9-13-4-8-20-12-13/h13H,1-12H2/t13-/m0/s1. The summed E-state index contributed by atoms with van der Waals surface area (Å²) < 4.78 is 11.1. The first-order valence-electron chi connectivity index (χ1n) is 8.37. The van der Waals surface area contributed by atoms with Crippen LogP contribution in [-0.4, -0.2) is 54.3 Å². The molecule has 4 heterocycles. The molecule has 1 aromatic rings. The molecule has 116 valence electrons. The Hall–Kier alpha value is -0.910. The smallest absolute Gasteiger partial charge is 0.142 e. The third kappa shape index (κ3) is 3.00. The van der Waals surface area contributed by atoms with Gasteiger partial charge in [0, 0.05) is 44.8 Å². The lowest BCUT2D eigenvalue weighted by Gasteiger charge is -2.28. The SMILES string of the molecule is C1CCN(Cc2noc3c2CN(C[C@@H]2CCOC2)CC3)C1. The van der Waals surface area contributed by atoms with Crippen LogP contribution in [0.4, 0.5) is 0 Å². The van der Waals surface area contributed by atoms with E-state index >= 15 is 0 Å². The molecule has 0 amide bonds. The predicted molar refractivity (Wildman–Crippen MR) is 78.9 cm³/mol. The van der Waals surface area contributed by atoms with Gasteiger partial charge in [0.05, 0.1) is 6.61 Å². The minimum atomic E-state index is 0.716. The molecule has 2 fully saturated rings. The Bertz CT molecular complexity index is 476. The van der Waals surface area contributed by atoms with Gasteiger partial charge in [0.1, 0.15) is 11.5 Å². The van der Waals surface area contributed by atoms with Crippen LogP contribution in [0, 0.1) is 5.92 Å². The summed E-state index contributed by atoms with van der Waals surface area (Å²) in [5, 5.41) is 4.36. The first kappa shape index (κ1) is 13.7. The quantitative estimate of drug-likeness (QED) is 0.844. The van der Waals surface area contributed by atoms with Crippen molar-refractivity contribution in [2.45, 2.75) is 38.8 Å². The zero-order chi connectivity index (χ0) is 14.1. The van der Waals surface area contributed by atoms with Gasteiger partial charge < -0.3 is 9.26 Å². The highest BCUT2D eigenvalue weighted by atomic mass is 16.5. The Balaban J connectivity index is 1.41. The number of hydrogen-bond acceptors (Lipinski definition) is 5. The van der Waals surface area contributed by atoms with Crippen LogP contribution in [0.25, 0.3) is 0 Å². The maximum absolute atomic E-state index is 5.59. The molecule has 0 saturated carbocycles. The minimum Gasteiger partial charge on any atom is -0.381 e. The molecular weight excluding hydrogens is 266 g/mol. The van der Waals surface area contributed by atoms with Gasteiger partial charge in [-0.1, -0.05) is 5.16 Å². The topological polar surface area (TPSA) is 41.7 Å². The highest BCUT2D eigenvalue weighted by Gasteiger charge is 2.28. The Labute approximate surface area is 126 Å². The van der Waals surface area contributed by atoms with E-state index in [1.807, 2.05) is 0 Å². The van der Waals surface area contributed by atoms with Gasteiger partial charge in [-0.25, -0.2) is 0 Å². The fourth-order valence-electron chi connectivity index (χ4n) is 3.84. The van der Waals surface area contributed by atoms with Gasteiger partial charge >= 0.3 is 0 Å². The van der Waals surface area contributed by atoms with E-state index in [1.165, 1.54) is 43.6 Å². The molecule has 5 nitrogen and oxygen atoms in total. The highest BCUT2D eigenvalue weighted by Crippen LogP contribution is 2.26. The van der Waals surface area contributed by atoms with E-state index < -0.39 is 0 Å². The number of rotatable bonds is 4. The molecule has 2 saturated heterocycles. The number of aromatic nitrogens is 1. The van der Waals surface area contributed by atoms with Crippen LogP contribution in [-0.2, 0) is 24.2 Å². The molecule has 0 radical (unpaired) electrons. The van der Waals surface area contributed by atoms with Crippen molar-refractivity contribution in [1.82, 2.24) is 15.0 Å². The summed E-state index contributed by atoms with van der Waals surface area (Å²) in [5.74, 6) is 1.84. The molecule has 3 aliphatic rings. The van der Waals surface area contributed by atoms with Crippen LogP contribution in [0.2, 0.25) is 0 Å². The molecule has 0 N–H and O–H groups in total. The van der Waals surface area contributed by atoms with Crippen molar-refractivity contribution in [2.24, 2.45) is 5.92 Å². The summed E-state index contributed by atoms with van der Waals surface area (Å²) in [6.45, 7) is 8.55. The zero-order valence-corrected chi connectivity index (χ0v) is 12.7. The second kappa shape index (κ2) is 6.07. The molecule has 0 spiro atoms. The van der Waals surface area contributed by atoms with E-state index in [-0.39, 0.29) is 0 Å². The van der Waals surface area contributed by atoms with Crippen LogP contribution in [0.15, 0.2) is 4.52 Å². The van der Waals surface area contributed by atoms with E-state index in [0.717, 1.165) is 51.6 Å². The Morgan fingerprint density at radius 3 is 2.86 bits per heavy atom. The van der Waals surface area contributed by atoms with Crippen molar-refractivity contribution >= 4 is 0 Å². The van der Waals surface area contributed by atoms with Gasteiger partial charge in [-0.05, 0) is 38.3 Å². The average Bonchev–Trinajstić information content (AvgIpc) is 3.22. The largest absolute Gasteiger partial charge is 0.381 e. The molecule has 0 bridgehead atoms. The molecule has 1 atom stereocenters. The first-order valence-corrected chi connectivity index (χ1v) is 8.37. The molecule has 3 aliphatic heterocycles. The van der Waals surface area contributed by atoms with Crippen molar-refractivity contribution < 1.29 is 9.26 Å². The summed E-state index contributed by atoms with van der Waals surface area (Å²) in [6, 6.07) is 0. The number of hydrogen-bond donors (Lipinski definition) is 0. The molecule has 0 aromatic carbocycles. The van der Waals surface area contributed by atoms with E-state index in [0.29, 0.717) is 5.92 Å². The molecule has 21 heavy (non-hydrogen) atoms. The van der Waals surface area contributed by atoms with Crippen molar-refractivity contribution in [1.29, 1.82) is 0 Å². The van der Waals surface area contributed by atoms with E-state index in [1.54, 1.807) is 0 Å².